The number of aliphatic hydroxyl groups is 2. The highest BCUT2D eigenvalue weighted by Gasteiger charge is 2.56. The lowest BCUT2D eigenvalue weighted by Crippen LogP contribution is -2.71. The maximum absolute atomic E-state index is 12.1. The van der Waals surface area contributed by atoms with Gasteiger partial charge in [0.2, 0.25) is 0 Å². The van der Waals surface area contributed by atoms with Crippen molar-refractivity contribution < 1.29 is 38.9 Å². The van der Waals surface area contributed by atoms with E-state index >= 15 is 0 Å². The number of carboxylic acids is 2. The number of quaternary nitrogens is 1. The Morgan fingerprint density at radius 1 is 1.39 bits per heavy atom. The SMILES string of the molecule is C[N+](C)(CCCO)C(CC(=O)O)(C(=O)[O-])C(CO)c1ccco1. The average Bonchev–Trinajstić information content (AvgIpc) is 2.97. The van der Waals surface area contributed by atoms with Gasteiger partial charge in [-0.2, -0.15) is 0 Å². The first kappa shape index (κ1) is 19.1. The van der Waals surface area contributed by atoms with Gasteiger partial charge in [0.15, 0.2) is 5.54 Å². The molecule has 0 radical (unpaired) electrons. The number of nitrogens with zero attached hydrogens (tertiary/aromatic N) is 1. The number of carboxylic acid groups (broad SMARTS) is 2. The number of aliphatic carboxylic acids is 2. The largest absolute Gasteiger partial charge is 0.544 e. The lowest BCUT2D eigenvalue weighted by atomic mass is 9.76. The van der Waals surface area contributed by atoms with E-state index in [1.165, 1.54) is 18.4 Å². The molecule has 130 valence electrons. The molecule has 2 unspecified atom stereocenters. The Morgan fingerprint density at radius 2 is 2.04 bits per heavy atom. The van der Waals surface area contributed by atoms with Crippen molar-refractivity contribution in [3.63, 3.8) is 0 Å². The van der Waals surface area contributed by atoms with Crippen LogP contribution in [0.1, 0.15) is 24.5 Å². The second-order valence-electron chi connectivity index (χ2n) is 6.02. The van der Waals surface area contributed by atoms with Crippen LogP contribution in [0.15, 0.2) is 22.8 Å². The molecule has 0 amide bonds. The fourth-order valence-electron chi connectivity index (χ4n) is 3.08. The number of hydrogen-bond donors (Lipinski definition) is 3. The van der Waals surface area contributed by atoms with E-state index in [1.807, 2.05) is 0 Å². The summed E-state index contributed by atoms with van der Waals surface area (Å²) < 4.78 is 4.94. The molecule has 0 fully saturated rings. The molecule has 1 rings (SSSR count). The van der Waals surface area contributed by atoms with Crippen molar-refractivity contribution in [1.82, 2.24) is 0 Å². The highest BCUT2D eigenvalue weighted by molar-refractivity contribution is 5.83. The summed E-state index contributed by atoms with van der Waals surface area (Å²) >= 11 is 0. The van der Waals surface area contributed by atoms with Crippen LogP contribution in [-0.4, -0.2) is 71.1 Å². The third-order valence-electron chi connectivity index (χ3n) is 4.38. The van der Waals surface area contributed by atoms with Crippen molar-refractivity contribution in [2.75, 3.05) is 33.9 Å². The van der Waals surface area contributed by atoms with E-state index in [0.717, 1.165) is 0 Å². The normalized spacial score (nSPS) is 15.8. The van der Waals surface area contributed by atoms with Gasteiger partial charge < -0.3 is 34.1 Å². The molecule has 0 aliphatic carbocycles. The summed E-state index contributed by atoms with van der Waals surface area (Å²) in [5.74, 6) is -3.84. The minimum Gasteiger partial charge on any atom is -0.544 e. The van der Waals surface area contributed by atoms with Gasteiger partial charge in [0, 0.05) is 13.0 Å². The first-order valence-electron chi connectivity index (χ1n) is 7.24. The molecule has 0 aliphatic heterocycles. The van der Waals surface area contributed by atoms with Crippen LogP contribution in [0, 0.1) is 0 Å². The van der Waals surface area contributed by atoms with E-state index in [4.69, 9.17) is 9.52 Å². The summed E-state index contributed by atoms with van der Waals surface area (Å²) in [6, 6.07) is 3.03. The molecule has 0 aromatic carbocycles. The lowest BCUT2D eigenvalue weighted by Gasteiger charge is -2.51. The number of aliphatic hydroxyl groups excluding tert-OH is 2. The van der Waals surface area contributed by atoms with Crippen molar-refractivity contribution >= 4 is 11.9 Å². The second-order valence-corrected chi connectivity index (χ2v) is 6.02. The standard InChI is InChI=1S/C15H23NO7/c1-16(2,6-4-7-17)15(14(21)22,9-13(19)20)11(10-18)12-5-3-8-23-12/h3,5,8,11,17-18H,4,6-7,9-10H2,1-2H3,(H-,19,20,21,22). The first-order chi connectivity index (χ1) is 10.7. The van der Waals surface area contributed by atoms with Gasteiger partial charge in [-0.3, -0.25) is 4.79 Å². The van der Waals surface area contributed by atoms with E-state index < -0.39 is 36.4 Å². The summed E-state index contributed by atoms with van der Waals surface area (Å²) in [6.45, 7) is -0.590. The number of likely N-dealkylation sites (N-methyl/N-ethyl adjacent to an activating group) is 1. The first-order valence-corrected chi connectivity index (χ1v) is 7.24. The Labute approximate surface area is 134 Å². The van der Waals surface area contributed by atoms with Crippen molar-refractivity contribution in [3.05, 3.63) is 24.2 Å². The van der Waals surface area contributed by atoms with Gasteiger partial charge in [0.05, 0.1) is 33.5 Å². The average molecular weight is 329 g/mol. The highest BCUT2D eigenvalue weighted by atomic mass is 16.4. The quantitative estimate of drug-likeness (QED) is 0.458. The molecule has 8 heteroatoms. The number of rotatable bonds is 10. The minimum absolute atomic E-state index is 0.164. The van der Waals surface area contributed by atoms with Crippen LogP contribution < -0.4 is 5.11 Å². The molecule has 8 nitrogen and oxygen atoms in total. The highest BCUT2D eigenvalue weighted by Crippen LogP contribution is 2.39. The molecular formula is C15H23NO7. The molecule has 2 atom stereocenters. The van der Waals surface area contributed by atoms with Crippen molar-refractivity contribution in [2.24, 2.45) is 0 Å². The van der Waals surface area contributed by atoms with Gasteiger partial charge in [-0.1, -0.05) is 0 Å². The molecule has 0 aliphatic rings. The molecular weight excluding hydrogens is 306 g/mol. The van der Waals surface area contributed by atoms with Gasteiger partial charge >= 0.3 is 5.97 Å². The Hall–Kier alpha value is -1.90. The smallest absolute Gasteiger partial charge is 0.310 e. The van der Waals surface area contributed by atoms with Crippen LogP contribution >= 0.6 is 0 Å². The van der Waals surface area contributed by atoms with Crippen LogP contribution in [0.5, 0.6) is 0 Å². The van der Waals surface area contributed by atoms with Crippen molar-refractivity contribution in [2.45, 2.75) is 24.3 Å². The van der Waals surface area contributed by atoms with E-state index in [0.29, 0.717) is 0 Å². The zero-order valence-electron chi connectivity index (χ0n) is 13.3. The summed E-state index contributed by atoms with van der Waals surface area (Å²) in [5.41, 5.74) is -1.95. The number of carbonyl (C=O) groups excluding carboxylic acids is 1. The predicted octanol–water partition coefficient (Wildman–Crippen LogP) is -1.22. The predicted molar refractivity (Wildman–Crippen MR) is 77.2 cm³/mol. The van der Waals surface area contributed by atoms with Gasteiger partial charge in [0.25, 0.3) is 0 Å². The van der Waals surface area contributed by atoms with E-state index in [9.17, 15) is 24.9 Å². The van der Waals surface area contributed by atoms with Crippen LogP contribution in [-0.2, 0) is 9.59 Å². The number of furan rings is 1. The Morgan fingerprint density at radius 3 is 2.43 bits per heavy atom. The van der Waals surface area contributed by atoms with E-state index in [-0.39, 0.29) is 29.8 Å². The fourth-order valence-corrected chi connectivity index (χ4v) is 3.08. The van der Waals surface area contributed by atoms with E-state index in [1.54, 1.807) is 14.1 Å². The maximum Gasteiger partial charge on any atom is 0.310 e. The summed E-state index contributed by atoms with van der Waals surface area (Å²) in [7, 11) is 3.08. The van der Waals surface area contributed by atoms with Gasteiger partial charge in [-0.15, -0.1) is 0 Å². The fraction of sp³-hybridized carbons (Fsp3) is 0.600. The monoisotopic (exact) mass is 329 g/mol. The molecule has 0 saturated carbocycles. The molecule has 0 bridgehead atoms. The molecule has 1 aromatic rings. The maximum atomic E-state index is 12.1. The minimum atomic E-state index is -1.95. The number of hydrogen-bond acceptors (Lipinski definition) is 6. The molecule has 1 heterocycles. The Kier molecular flexibility index (Phi) is 6.31. The Bertz CT molecular complexity index is 526. The second kappa shape index (κ2) is 7.58. The molecule has 0 saturated heterocycles. The van der Waals surface area contributed by atoms with Gasteiger partial charge in [-0.05, 0) is 12.1 Å². The number of carbonyl (C=O) groups is 2. The van der Waals surface area contributed by atoms with Gasteiger partial charge in [0.1, 0.15) is 24.1 Å². The molecule has 1 aromatic heterocycles. The lowest BCUT2D eigenvalue weighted by molar-refractivity contribution is -0.936. The Balaban J connectivity index is 3.49. The van der Waals surface area contributed by atoms with Gasteiger partial charge in [-0.25, -0.2) is 0 Å². The van der Waals surface area contributed by atoms with Crippen molar-refractivity contribution in [1.29, 1.82) is 0 Å². The third-order valence-corrected chi connectivity index (χ3v) is 4.38. The molecule has 3 N–H and O–H groups in total. The molecule has 0 spiro atoms. The third kappa shape index (κ3) is 3.72. The zero-order chi connectivity index (χ0) is 17.7. The summed E-state index contributed by atoms with van der Waals surface area (Å²) in [4.78, 5) is 23.4. The van der Waals surface area contributed by atoms with Crippen LogP contribution in [0.4, 0.5) is 0 Å². The molecule has 23 heavy (non-hydrogen) atoms. The van der Waals surface area contributed by atoms with Crippen LogP contribution in [0.3, 0.4) is 0 Å². The summed E-state index contributed by atoms with van der Waals surface area (Å²) in [6.07, 6.45) is 0.851. The topological polar surface area (TPSA) is 131 Å². The zero-order valence-corrected chi connectivity index (χ0v) is 13.3. The van der Waals surface area contributed by atoms with Crippen LogP contribution in [0.2, 0.25) is 0 Å². The van der Waals surface area contributed by atoms with Crippen LogP contribution in [0.25, 0.3) is 0 Å². The van der Waals surface area contributed by atoms with Crippen molar-refractivity contribution in [3.8, 4) is 0 Å². The van der Waals surface area contributed by atoms with E-state index in [2.05, 4.69) is 0 Å². The summed E-state index contributed by atoms with van der Waals surface area (Å²) in [5, 5.41) is 40.1.